The van der Waals surface area contributed by atoms with Crippen LogP contribution in [0.3, 0.4) is 0 Å². The van der Waals surface area contributed by atoms with Gasteiger partial charge in [0.25, 0.3) is 0 Å². The first-order valence-corrected chi connectivity index (χ1v) is 4.83. The summed E-state index contributed by atoms with van der Waals surface area (Å²) in [6, 6.07) is 0. The van der Waals surface area contributed by atoms with Gasteiger partial charge in [0.15, 0.2) is 0 Å². The molecule has 76 valence electrons. The van der Waals surface area contributed by atoms with E-state index in [-0.39, 0.29) is 0 Å². The number of nitrogens with zero attached hydrogens (tertiary/aromatic N) is 2. The Morgan fingerprint density at radius 2 is 2.21 bits per heavy atom. The molecule has 0 spiro atoms. The number of hydrogen-bond acceptors (Lipinski definition) is 3. The van der Waals surface area contributed by atoms with E-state index in [4.69, 9.17) is 16.3 Å². The van der Waals surface area contributed by atoms with Gasteiger partial charge in [0.05, 0.1) is 0 Å². The van der Waals surface area contributed by atoms with Crippen LogP contribution >= 0.6 is 11.6 Å². The summed E-state index contributed by atoms with van der Waals surface area (Å²) in [5.41, 5.74) is 0.769. The third kappa shape index (κ3) is 2.45. The van der Waals surface area contributed by atoms with Crippen LogP contribution in [0, 0.1) is 6.92 Å². The second kappa shape index (κ2) is 4.96. The van der Waals surface area contributed by atoms with E-state index < -0.39 is 0 Å². The summed E-state index contributed by atoms with van der Waals surface area (Å²) in [5.74, 6) is 1.24. The van der Waals surface area contributed by atoms with Gasteiger partial charge in [0.1, 0.15) is 17.6 Å². The molecule has 0 fully saturated rings. The number of ether oxygens (including phenoxy) is 1. The minimum atomic E-state index is 0.428. The van der Waals surface area contributed by atoms with Crippen molar-refractivity contribution in [2.45, 2.75) is 20.3 Å². The first-order valence-electron chi connectivity index (χ1n) is 4.45. The predicted octanol–water partition coefficient (Wildman–Crippen LogP) is 2.57. The van der Waals surface area contributed by atoms with Crippen molar-refractivity contribution in [3.8, 4) is 5.88 Å². The van der Waals surface area contributed by atoms with Crippen molar-refractivity contribution in [3.63, 3.8) is 0 Å². The van der Waals surface area contributed by atoms with Crippen molar-refractivity contribution in [1.82, 2.24) is 9.97 Å². The van der Waals surface area contributed by atoms with Crippen LogP contribution in [0.1, 0.15) is 18.3 Å². The molecule has 4 heteroatoms. The van der Waals surface area contributed by atoms with E-state index in [1.54, 1.807) is 6.08 Å². The summed E-state index contributed by atoms with van der Waals surface area (Å²) < 4.78 is 5.36. The first kappa shape index (κ1) is 11.0. The number of aromatic nitrogens is 2. The Balaban J connectivity index is 3.00. The zero-order chi connectivity index (χ0) is 10.6. The van der Waals surface area contributed by atoms with E-state index in [0.29, 0.717) is 23.5 Å². The average Bonchev–Trinajstić information content (AvgIpc) is 2.20. The third-order valence-electron chi connectivity index (χ3n) is 1.74. The lowest BCUT2D eigenvalue weighted by Crippen LogP contribution is -2.03. The molecule has 0 bridgehead atoms. The molecule has 0 saturated carbocycles. The van der Waals surface area contributed by atoms with E-state index in [1.165, 1.54) is 0 Å². The van der Waals surface area contributed by atoms with Gasteiger partial charge in [0, 0.05) is 12.0 Å². The van der Waals surface area contributed by atoms with Gasteiger partial charge in [-0.3, -0.25) is 0 Å². The van der Waals surface area contributed by atoms with Crippen molar-refractivity contribution in [2.24, 2.45) is 0 Å². The van der Waals surface area contributed by atoms with E-state index >= 15 is 0 Å². The average molecular weight is 213 g/mol. The summed E-state index contributed by atoms with van der Waals surface area (Å²) in [6.07, 6.45) is 2.41. The van der Waals surface area contributed by atoms with Crippen molar-refractivity contribution in [1.29, 1.82) is 0 Å². The van der Waals surface area contributed by atoms with Crippen molar-refractivity contribution >= 4 is 11.6 Å². The maximum absolute atomic E-state index is 5.92. The molecule has 3 nitrogen and oxygen atoms in total. The van der Waals surface area contributed by atoms with Crippen LogP contribution in [0.4, 0.5) is 0 Å². The Morgan fingerprint density at radius 1 is 1.50 bits per heavy atom. The molecule has 1 rings (SSSR count). The van der Waals surface area contributed by atoms with Crippen LogP contribution in [0.25, 0.3) is 0 Å². The largest absolute Gasteiger partial charge is 0.473 e. The Kier molecular flexibility index (Phi) is 3.89. The molecular weight excluding hydrogens is 200 g/mol. The fourth-order valence-electron chi connectivity index (χ4n) is 0.948. The summed E-state index contributed by atoms with van der Waals surface area (Å²) in [5, 5.41) is 0.455. The molecule has 0 aliphatic rings. The quantitative estimate of drug-likeness (QED) is 0.569. The van der Waals surface area contributed by atoms with Crippen molar-refractivity contribution in [3.05, 3.63) is 29.2 Å². The zero-order valence-corrected chi connectivity index (χ0v) is 9.14. The Bertz CT molecular complexity index is 339. The van der Waals surface area contributed by atoms with Gasteiger partial charge in [0.2, 0.25) is 5.88 Å². The molecule has 0 aliphatic heterocycles. The first-order chi connectivity index (χ1) is 6.69. The van der Waals surface area contributed by atoms with Crippen LogP contribution in [0.5, 0.6) is 5.88 Å². The summed E-state index contributed by atoms with van der Waals surface area (Å²) in [7, 11) is 0. The molecule has 0 unspecified atom stereocenters. The molecule has 1 heterocycles. The second-order valence-corrected chi connectivity index (χ2v) is 3.17. The Morgan fingerprint density at radius 3 is 2.79 bits per heavy atom. The maximum Gasteiger partial charge on any atom is 0.221 e. The standard InChI is InChI=1S/C10H13ClN2O/c1-4-6-14-10-7(3)9(11)12-8(5-2)13-10/h4H,1,5-6H2,2-3H3. The van der Waals surface area contributed by atoms with Crippen LogP contribution < -0.4 is 4.74 Å². The fraction of sp³-hybridized carbons (Fsp3) is 0.400. The highest BCUT2D eigenvalue weighted by atomic mass is 35.5. The smallest absolute Gasteiger partial charge is 0.221 e. The lowest BCUT2D eigenvalue weighted by Gasteiger charge is -2.08. The summed E-state index contributed by atoms with van der Waals surface area (Å²) in [6.45, 7) is 7.80. The highest BCUT2D eigenvalue weighted by Gasteiger charge is 2.08. The second-order valence-electron chi connectivity index (χ2n) is 2.81. The zero-order valence-electron chi connectivity index (χ0n) is 8.38. The predicted molar refractivity (Wildman–Crippen MR) is 56.8 cm³/mol. The topological polar surface area (TPSA) is 35.0 Å². The minimum Gasteiger partial charge on any atom is -0.473 e. The fourth-order valence-corrected chi connectivity index (χ4v) is 1.13. The van der Waals surface area contributed by atoms with Crippen LogP contribution in [-0.2, 0) is 6.42 Å². The van der Waals surface area contributed by atoms with Gasteiger partial charge in [-0.25, -0.2) is 4.98 Å². The molecule has 1 aromatic heterocycles. The van der Waals surface area contributed by atoms with E-state index in [1.807, 2.05) is 13.8 Å². The highest BCUT2D eigenvalue weighted by Crippen LogP contribution is 2.21. The monoisotopic (exact) mass is 212 g/mol. The normalized spacial score (nSPS) is 9.93. The van der Waals surface area contributed by atoms with Gasteiger partial charge in [-0.15, -0.1) is 0 Å². The van der Waals surface area contributed by atoms with E-state index in [9.17, 15) is 0 Å². The molecule has 0 aliphatic carbocycles. The molecule has 0 saturated heterocycles. The maximum atomic E-state index is 5.92. The third-order valence-corrected chi connectivity index (χ3v) is 2.11. The molecule has 0 aromatic carbocycles. The van der Waals surface area contributed by atoms with Gasteiger partial charge in [-0.2, -0.15) is 4.98 Å². The molecule has 0 amide bonds. The van der Waals surface area contributed by atoms with Gasteiger partial charge < -0.3 is 4.74 Å². The number of hydrogen-bond donors (Lipinski definition) is 0. The van der Waals surface area contributed by atoms with E-state index in [0.717, 1.165) is 12.0 Å². The van der Waals surface area contributed by atoms with Crippen molar-refractivity contribution in [2.75, 3.05) is 6.61 Å². The highest BCUT2D eigenvalue weighted by molar-refractivity contribution is 6.30. The summed E-state index contributed by atoms with van der Waals surface area (Å²) >= 11 is 5.92. The van der Waals surface area contributed by atoms with Crippen molar-refractivity contribution < 1.29 is 4.74 Å². The number of rotatable bonds is 4. The SMILES string of the molecule is C=CCOc1nc(CC)nc(Cl)c1C. The molecule has 1 aromatic rings. The lowest BCUT2D eigenvalue weighted by atomic mass is 10.3. The van der Waals surface area contributed by atoms with Gasteiger partial charge in [-0.05, 0) is 6.92 Å². The molecular formula is C10H13ClN2O. The molecule has 14 heavy (non-hydrogen) atoms. The number of halogens is 1. The van der Waals surface area contributed by atoms with Crippen LogP contribution in [0.15, 0.2) is 12.7 Å². The van der Waals surface area contributed by atoms with Gasteiger partial charge >= 0.3 is 0 Å². The van der Waals surface area contributed by atoms with Gasteiger partial charge in [-0.1, -0.05) is 31.2 Å². The molecule has 0 radical (unpaired) electrons. The summed E-state index contributed by atoms with van der Waals surface area (Å²) in [4.78, 5) is 8.33. The van der Waals surface area contributed by atoms with Crippen LogP contribution in [0.2, 0.25) is 5.15 Å². The lowest BCUT2D eigenvalue weighted by molar-refractivity contribution is 0.343. The minimum absolute atomic E-state index is 0.428. The Labute approximate surface area is 88.8 Å². The van der Waals surface area contributed by atoms with Crippen LogP contribution in [-0.4, -0.2) is 16.6 Å². The molecule has 0 atom stereocenters. The molecule has 0 N–H and O–H groups in total. The van der Waals surface area contributed by atoms with E-state index in [2.05, 4.69) is 16.5 Å². The number of aryl methyl sites for hydroxylation is 1. The Hall–Kier alpha value is -1.09.